The van der Waals surface area contributed by atoms with Crippen LogP contribution >= 0.6 is 0 Å². The van der Waals surface area contributed by atoms with Gasteiger partial charge >= 0.3 is 0 Å². The SMILES string of the molecule is CC(C)/C(F)=C/C(C)(C)C. The van der Waals surface area contributed by atoms with Gasteiger partial charge in [-0.3, -0.25) is 0 Å². The maximum atomic E-state index is 12.9. The first-order valence-corrected chi connectivity index (χ1v) is 3.71. The molecule has 0 aromatic heterocycles. The first-order valence-electron chi connectivity index (χ1n) is 3.71. The summed E-state index contributed by atoms with van der Waals surface area (Å²) in [5, 5.41) is 0. The normalized spacial score (nSPS) is 14.5. The maximum Gasteiger partial charge on any atom is 0.0990 e. The summed E-state index contributed by atoms with van der Waals surface area (Å²) in [4.78, 5) is 0. The van der Waals surface area contributed by atoms with Crippen molar-refractivity contribution in [1.29, 1.82) is 0 Å². The van der Waals surface area contributed by atoms with Crippen LogP contribution in [0.5, 0.6) is 0 Å². The van der Waals surface area contributed by atoms with E-state index in [9.17, 15) is 4.39 Å². The van der Waals surface area contributed by atoms with Gasteiger partial charge in [0.25, 0.3) is 0 Å². The minimum atomic E-state index is -0.0334. The summed E-state index contributed by atoms with van der Waals surface area (Å²) in [6.07, 6.45) is 1.68. The summed E-state index contributed by atoms with van der Waals surface area (Å²) in [5.74, 6) is 0.0201. The second-order valence-corrected chi connectivity index (χ2v) is 4.05. The molecule has 0 aromatic rings. The molecule has 1 heteroatoms. The molecule has 0 aromatic carbocycles. The van der Waals surface area contributed by atoms with Gasteiger partial charge in [0.2, 0.25) is 0 Å². The zero-order chi connectivity index (χ0) is 8.36. The largest absolute Gasteiger partial charge is 0.212 e. The van der Waals surface area contributed by atoms with Gasteiger partial charge in [-0.15, -0.1) is 0 Å². The van der Waals surface area contributed by atoms with E-state index in [0.717, 1.165) is 0 Å². The van der Waals surface area contributed by atoms with Crippen LogP contribution in [0.3, 0.4) is 0 Å². The Hall–Kier alpha value is -0.330. The van der Waals surface area contributed by atoms with E-state index < -0.39 is 0 Å². The molecule has 10 heavy (non-hydrogen) atoms. The molecule has 0 nitrogen and oxygen atoms in total. The highest BCUT2D eigenvalue weighted by molar-refractivity contribution is 5.00. The summed E-state index contributed by atoms with van der Waals surface area (Å²) >= 11 is 0. The van der Waals surface area contributed by atoms with Crippen molar-refractivity contribution in [3.05, 3.63) is 11.9 Å². The summed E-state index contributed by atoms with van der Waals surface area (Å²) in [6, 6.07) is 0. The van der Waals surface area contributed by atoms with E-state index >= 15 is 0 Å². The Kier molecular flexibility index (Phi) is 3.07. The molecule has 0 atom stereocenters. The summed E-state index contributed by atoms with van der Waals surface area (Å²) in [7, 11) is 0. The second kappa shape index (κ2) is 3.18. The molecule has 0 fully saturated rings. The molecular weight excluding hydrogens is 127 g/mol. The summed E-state index contributed by atoms with van der Waals surface area (Å²) in [6.45, 7) is 9.70. The maximum absolute atomic E-state index is 12.9. The van der Waals surface area contributed by atoms with Gasteiger partial charge in [-0.2, -0.15) is 0 Å². The fraction of sp³-hybridized carbons (Fsp3) is 0.778. The quantitative estimate of drug-likeness (QED) is 0.528. The average Bonchev–Trinajstić information content (AvgIpc) is 1.60. The van der Waals surface area contributed by atoms with Crippen molar-refractivity contribution in [2.75, 3.05) is 0 Å². The topological polar surface area (TPSA) is 0 Å². The van der Waals surface area contributed by atoms with Gasteiger partial charge in [-0.25, -0.2) is 4.39 Å². The Morgan fingerprint density at radius 3 is 1.80 bits per heavy atom. The Morgan fingerprint density at radius 1 is 1.30 bits per heavy atom. The molecule has 0 heterocycles. The van der Waals surface area contributed by atoms with Gasteiger partial charge in [-0.1, -0.05) is 34.6 Å². The van der Waals surface area contributed by atoms with Crippen molar-refractivity contribution < 1.29 is 4.39 Å². The first-order chi connectivity index (χ1) is 4.33. The molecule has 0 saturated heterocycles. The highest BCUT2D eigenvalue weighted by Crippen LogP contribution is 2.21. The fourth-order valence-electron chi connectivity index (χ4n) is 0.580. The third kappa shape index (κ3) is 4.54. The molecule has 0 rings (SSSR count). The lowest BCUT2D eigenvalue weighted by molar-refractivity contribution is 0.466. The Labute approximate surface area is 63.1 Å². The van der Waals surface area contributed by atoms with Gasteiger partial charge in [0, 0.05) is 5.92 Å². The van der Waals surface area contributed by atoms with Crippen molar-refractivity contribution in [2.45, 2.75) is 34.6 Å². The van der Waals surface area contributed by atoms with Crippen LogP contribution in [0.2, 0.25) is 0 Å². The van der Waals surface area contributed by atoms with Crippen LogP contribution in [0.1, 0.15) is 34.6 Å². The molecule has 0 aliphatic heterocycles. The van der Waals surface area contributed by atoms with Crippen molar-refractivity contribution in [3.63, 3.8) is 0 Å². The van der Waals surface area contributed by atoms with Crippen LogP contribution in [0.4, 0.5) is 4.39 Å². The minimum absolute atomic E-state index is 0.00694. The van der Waals surface area contributed by atoms with E-state index in [1.54, 1.807) is 6.08 Å². The number of hydrogen-bond acceptors (Lipinski definition) is 0. The zero-order valence-electron chi connectivity index (χ0n) is 7.53. The Morgan fingerprint density at radius 2 is 1.70 bits per heavy atom. The molecule has 0 bridgehead atoms. The Balaban J connectivity index is 4.17. The average molecular weight is 144 g/mol. The smallest absolute Gasteiger partial charge is 0.0990 e. The second-order valence-electron chi connectivity index (χ2n) is 4.05. The predicted molar refractivity (Wildman–Crippen MR) is 43.5 cm³/mol. The van der Waals surface area contributed by atoms with Gasteiger partial charge < -0.3 is 0 Å². The molecule has 0 unspecified atom stereocenters. The standard InChI is InChI=1S/C9H17F/c1-7(2)8(10)6-9(3,4)5/h6-7H,1-5H3/b8-6-. The van der Waals surface area contributed by atoms with Gasteiger partial charge in [0.05, 0.1) is 5.83 Å². The van der Waals surface area contributed by atoms with Crippen LogP contribution in [-0.2, 0) is 0 Å². The van der Waals surface area contributed by atoms with E-state index in [1.807, 2.05) is 34.6 Å². The van der Waals surface area contributed by atoms with Crippen molar-refractivity contribution in [1.82, 2.24) is 0 Å². The van der Waals surface area contributed by atoms with Gasteiger partial charge in [-0.05, 0) is 11.5 Å². The molecule has 0 spiro atoms. The molecular formula is C9H17F. The summed E-state index contributed by atoms with van der Waals surface area (Å²) in [5.41, 5.74) is -0.0334. The van der Waals surface area contributed by atoms with Crippen molar-refractivity contribution in [2.24, 2.45) is 11.3 Å². The zero-order valence-corrected chi connectivity index (χ0v) is 7.53. The highest BCUT2D eigenvalue weighted by Gasteiger charge is 2.09. The van der Waals surface area contributed by atoms with E-state index in [1.165, 1.54) is 0 Å². The third-order valence-electron chi connectivity index (χ3n) is 1.12. The monoisotopic (exact) mass is 144 g/mol. The van der Waals surface area contributed by atoms with Crippen LogP contribution < -0.4 is 0 Å². The minimum Gasteiger partial charge on any atom is -0.212 e. The van der Waals surface area contributed by atoms with Gasteiger partial charge in [0.1, 0.15) is 0 Å². The first kappa shape index (κ1) is 9.67. The lowest BCUT2D eigenvalue weighted by Crippen LogP contribution is -2.02. The van der Waals surface area contributed by atoms with E-state index in [4.69, 9.17) is 0 Å². The molecule has 0 N–H and O–H groups in total. The van der Waals surface area contributed by atoms with Crippen LogP contribution in [0.25, 0.3) is 0 Å². The van der Waals surface area contributed by atoms with E-state index in [2.05, 4.69) is 0 Å². The molecule has 60 valence electrons. The third-order valence-corrected chi connectivity index (χ3v) is 1.12. The number of rotatable bonds is 1. The van der Waals surface area contributed by atoms with Crippen LogP contribution in [0, 0.1) is 11.3 Å². The lowest BCUT2D eigenvalue weighted by Gasteiger charge is -2.13. The van der Waals surface area contributed by atoms with Crippen LogP contribution in [0.15, 0.2) is 11.9 Å². The lowest BCUT2D eigenvalue weighted by atomic mass is 9.94. The van der Waals surface area contributed by atoms with Crippen molar-refractivity contribution >= 4 is 0 Å². The molecule has 0 aliphatic rings. The molecule has 0 radical (unpaired) electrons. The fourth-order valence-corrected chi connectivity index (χ4v) is 0.580. The number of halogens is 1. The van der Waals surface area contributed by atoms with E-state index in [-0.39, 0.29) is 17.2 Å². The number of allylic oxidation sites excluding steroid dienone is 2. The molecule has 0 aliphatic carbocycles. The molecule has 0 saturated carbocycles. The van der Waals surface area contributed by atoms with Gasteiger partial charge in [0.15, 0.2) is 0 Å². The van der Waals surface area contributed by atoms with E-state index in [0.29, 0.717) is 0 Å². The van der Waals surface area contributed by atoms with Crippen molar-refractivity contribution in [3.8, 4) is 0 Å². The van der Waals surface area contributed by atoms with Crippen LogP contribution in [-0.4, -0.2) is 0 Å². The predicted octanol–water partition coefficient (Wildman–Crippen LogP) is 3.54. The highest BCUT2D eigenvalue weighted by atomic mass is 19.1. The summed E-state index contributed by atoms with van der Waals surface area (Å²) < 4.78 is 12.9. The Bertz CT molecular complexity index is 126. The molecule has 0 amide bonds. The number of hydrogen-bond donors (Lipinski definition) is 0.